The molecule has 4 nitrogen and oxygen atoms in total. The van der Waals surface area contributed by atoms with E-state index >= 15 is 0 Å². The molecule has 0 radical (unpaired) electrons. The highest BCUT2D eigenvalue weighted by molar-refractivity contribution is 9.10. The fourth-order valence-corrected chi connectivity index (χ4v) is 3.23. The minimum absolute atomic E-state index is 0.0625. The van der Waals surface area contributed by atoms with Gasteiger partial charge in [-0.15, -0.1) is 11.3 Å². The van der Waals surface area contributed by atoms with Crippen LogP contribution in [0, 0.1) is 5.92 Å². The molecule has 0 aromatic carbocycles. The number of carbonyl (C=O) groups is 2. The van der Waals surface area contributed by atoms with E-state index in [1.165, 1.54) is 11.3 Å². The van der Waals surface area contributed by atoms with Crippen molar-refractivity contribution in [3.05, 3.63) is 20.8 Å². The molecule has 18 heavy (non-hydrogen) atoms. The van der Waals surface area contributed by atoms with Crippen LogP contribution in [0.1, 0.15) is 29.4 Å². The van der Waals surface area contributed by atoms with Gasteiger partial charge in [-0.25, -0.2) is 0 Å². The Bertz CT molecular complexity index is 470. The van der Waals surface area contributed by atoms with Gasteiger partial charge in [0.1, 0.15) is 4.88 Å². The van der Waals surface area contributed by atoms with Gasteiger partial charge in [-0.05, 0) is 40.2 Å². The number of nitrogens with zero attached hydrogens (tertiary/aromatic N) is 1. The monoisotopic (exact) mass is 331 g/mol. The van der Waals surface area contributed by atoms with Crippen molar-refractivity contribution >= 4 is 39.1 Å². The fourth-order valence-electron chi connectivity index (χ4n) is 1.73. The van der Waals surface area contributed by atoms with Gasteiger partial charge in [0, 0.05) is 17.1 Å². The third-order valence-electron chi connectivity index (χ3n) is 2.95. The summed E-state index contributed by atoms with van der Waals surface area (Å²) in [5.41, 5.74) is 0. The molecule has 98 valence electrons. The standard InChI is InChI=1S/C12H14BrNO3S/c1-7(12(16)17)6-14(8-2-3-8)11(15)10-9(13)4-5-18-10/h4-5,7-8H,2-3,6H2,1H3,(H,16,17)/t7-/m0/s1. The van der Waals surface area contributed by atoms with Crippen molar-refractivity contribution in [1.29, 1.82) is 0 Å². The third-order valence-corrected chi connectivity index (χ3v) is 4.78. The molecule has 1 aliphatic rings. The van der Waals surface area contributed by atoms with Gasteiger partial charge < -0.3 is 10.0 Å². The van der Waals surface area contributed by atoms with Crippen LogP contribution < -0.4 is 0 Å². The number of rotatable bonds is 5. The van der Waals surface area contributed by atoms with Gasteiger partial charge in [0.25, 0.3) is 5.91 Å². The molecule has 6 heteroatoms. The molecule has 0 bridgehead atoms. The zero-order valence-electron chi connectivity index (χ0n) is 9.93. The summed E-state index contributed by atoms with van der Waals surface area (Å²) >= 11 is 4.73. The molecule has 2 rings (SSSR count). The van der Waals surface area contributed by atoms with Gasteiger partial charge in [0.2, 0.25) is 0 Å². The lowest BCUT2D eigenvalue weighted by molar-refractivity contribution is -0.141. The summed E-state index contributed by atoms with van der Waals surface area (Å²) in [5, 5.41) is 10.8. The highest BCUT2D eigenvalue weighted by Crippen LogP contribution is 2.32. The zero-order chi connectivity index (χ0) is 13.3. The van der Waals surface area contributed by atoms with E-state index in [1.807, 2.05) is 11.4 Å². The Balaban J connectivity index is 2.13. The predicted molar refractivity (Wildman–Crippen MR) is 72.9 cm³/mol. The van der Waals surface area contributed by atoms with Gasteiger partial charge >= 0.3 is 5.97 Å². The lowest BCUT2D eigenvalue weighted by atomic mass is 10.1. The van der Waals surface area contributed by atoms with E-state index in [4.69, 9.17) is 5.11 Å². The van der Waals surface area contributed by atoms with Crippen molar-refractivity contribution in [3.8, 4) is 0 Å². The van der Waals surface area contributed by atoms with Crippen LogP contribution in [0.2, 0.25) is 0 Å². The molecule has 1 amide bonds. The maximum atomic E-state index is 12.4. The Morgan fingerprint density at radius 3 is 2.72 bits per heavy atom. The normalized spacial score (nSPS) is 16.3. The summed E-state index contributed by atoms with van der Waals surface area (Å²) < 4.78 is 0.783. The van der Waals surface area contributed by atoms with Crippen LogP contribution >= 0.6 is 27.3 Å². The molecule has 1 fully saturated rings. The van der Waals surface area contributed by atoms with Gasteiger partial charge in [-0.2, -0.15) is 0 Å². The van der Waals surface area contributed by atoms with E-state index in [0.717, 1.165) is 17.3 Å². The first kappa shape index (κ1) is 13.5. The van der Waals surface area contributed by atoms with Crippen LogP contribution in [0.25, 0.3) is 0 Å². The fraction of sp³-hybridized carbons (Fsp3) is 0.500. The van der Waals surface area contributed by atoms with E-state index in [-0.39, 0.29) is 18.5 Å². The van der Waals surface area contributed by atoms with Crippen LogP contribution in [0.15, 0.2) is 15.9 Å². The van der Waals surface area contributed by atoms with Crippen molar-refractivity contribution < 1.29 is 14.7 Å². The number of thiophene rings is 1. The number of hydrogen-bond acceptors (Lipinski definition) is 3. The Morgan fingerprint density at radius 1 is 1.61 bits per heavy atom. The van der Waals surface area contributed by atoms with Crippen molar-refractivity contribution in [2.75, 3.05) is 6.54 Å². The summed E-state index contributed by atoms with van der Waals surface area (Å²) in [6.45, 7) is 1.91. The number of halogens is 1. The number of hydrogen-bond donors (Lipinski definition) is 1. The van der Waals surface area contributed by atoms with Gasteiger partial charge in [0.05, 0.1) is 5.92 Å². The van der Waals surface area contributed by atoms with Crippen LogP contribution in [-0.4, -0.2) is 34.5 Å². The summed E-state index contributed by atoms with van der Waals surface area (Å²) in [5.74, 6) is -1.46. The van der Waals surface area contributed by atoms with E-state index < -0.39 is 11.9 Å². The van der Waals surface area contributed by atoms with E-state index in [9.17, 15) is 9.59 Å². The molecule has 1 atom stereocenters. The number of aliphatic carboxylic acids is 1. The quantitative estimate of drug-likeness (QED) is 0.902. The summed E-state index contributed by atoms with van der Waals surface area (Å²) in [4.78, 5) is 25.6. The Morgan fingerprint density at radius 2 is 2.28 bits per heavy atom. The van der Waals surface area contributed by atoms with Crippen molar-refractivity contribution in [1.82, 2.24) is 4.90 Å². The molecule has 1 aromatic rings. The molecule has 1 saturated carbocycles. The van der Waals surface area contributed by atoms with Crippen molar-refractivity contribution in [2.24, 2.45) is 5.92 Å². The molecule has 1 aliphatic carbocycles. The topological polar surface area (TPSA) is 57.6 Å². The number of carboxylic acids is 1. The molecular weight excluding hydrogens is 318 g/mol. The Labute approximate surface area is 118 Å². The minimum Gasteiger partial charge on any atom is -0.481 e. The summed E-state index contributed by atoms with van der Waals surface area (Å²) in [6, 6.07) is 2.05. The maximum Gasteiger partial charge on any atom is 0.308 e. The molecule has 0 saturated heterocycles. The average molecular weight is 332 g/mol. The number of amides is 1. The molecule has 0 spiro atoms. The smallest absolute Gasteiger partial charge is 0.308 e. The molecule has 1 aromatic heterocycles. The molecule has 1 N–H and O–H groups in total. The van der Waals surface area contributed by atoms with E-state index in [2.05, 4.69) is 15.9 Å². The van der Waals surface area contributed by atoms with Crippen LogP contribution in [0.5, 0.6) is 0 Å². The Kier molecular flexibility index (Phi) is 4.07. The first-order valence-corrected chi connectivity index (χ1v) is 7.44. The predicted octanol–water partition coefficient (Wildman–Crippen LogP) is 2.84. The molecule has 1 heterocycles. The number of carbonyl (C=O) groups excluding carboxylic acids is 1. The molecule has 0 aliphatic heterocycles. The van der Waals surface area contributed by atoms with Crippen molar-refractivity contribution in [2.45, 2.75) is 25.8 Å². The SMILES string of the molecule is C[C@@H](CN(C(=O)c1sccc1Br)C1CC1)C(=O)O. The van der Waals surface area contributed by atoms with Crippen LogP contribution in [-0.2, 0) is 4.79 Å². The second-order valence-electron chi connectivity index (χ2n) is 4.53. The largest absolute Gasteiger partial charge is 0.481 e. The van der Waals surface area contributed by atoms with Gasteiger partial charge in [-0.1, -0.05) is 6.92 Å². The van der Waals surface area contributed by atoms with E-state index in [0.29, 0.717) is 4.88 Å². The lowest BCUT2D eigenvalue weighted by Gasteiger charge is -2.24. The van der Waals surface area contributed by atoms with Crippen molar-refractivity contribution in [3.63, 3.8) is 0 Å². The van der Waals surface area contributed by atoms with Gasteiger partial charge in [0.15, 0.2) is 0 Å². The lowest BCUT2D eigenvalue weighted by Crippen LogP contribution is -2.38. The highest BCUT2D eigenvalue weighted by atomic mass is 79.9. The molecular formula is C12H14BrNO3S. The van der Waals surface area contributed by atoms with Crippen LogP contribution in [0.4, 0.5) is 0 Å². The zero-order valence-corrected chi connectivity index (χ0v) is 12.3. The minimum atomic E-state index is -0.862. The van der Waals surface area contributed by atoms with Crippen LogP contribution in [0.3, 0.4) is 0 Å². The maximum absolute atomic E-state index is 12.4. The summed E-state index contributed by atoms with van der Waals surface area (Å²) in [7, 11) is 0. The first-order valence-electron chi connectivity index (χ1n) is 5.77. The number of carboxylic acid groups (broad SMARTS) is 1. The third kappa shape index (κ3) is 2.92. The first-order chi connectivity index (χ1) is 8.50. The Hall–Kier alpha value is -0.880. The molecule has 0 unspecified atom stereocenters. The average Bonchev–Trinajstić information content (AvgIpc) is 3.07. The second-order valence-corrected chi connectivity index (χ2v) is 6.30. The summed E-state index contributed by atoms with van der Waals surface area (Å²) in [6.07, 6.45) is 1.95. The van der Waals surface area contributed by atoms with E-state index in [1.54, 1.807) is 11.8 Å². The van der Waals surface area contributed by atoms with Gasteiger partial charge in [-0.3, -0.25) is 9.59 Å². The second kappa shape index (κ2) is 5.40. The highest BCUT2D eigenvalue weighted by Gasteiger charge is 2.35.